The van der Waals surface area contributed by atoms with E-state index in [1.165, 1.54) is 28.7 Å². The zero-order valence-electron chi connectivity index (χ0n) is 11.5. The van der Waals surface area contributed by atoms with Crippen molar-refractivity contribution in [2.24, 2.45) is 5.73 Å². The molecule has 1 unspecified atom stereocenters. The Hall–Kier alpha value is -1.12. The monoisotopic (exact) mass is 317 g/mol. The van der Waals surface area contributed by atoms with E-state index in [2.05, 4.69) is 72.2 Å². The van der Waals surface area contributed by atoms with E-state index in [9.17, 15) is 0 Å². The largest absolute Gasteiger partial charge is 0.320 e. The van der Waals surface area contributed by atoms with Crippen LogP contribution in [0.4, 0.5) is 0 Å². The summed E-state index contributed by atoms with van der Waals surface area (Å²) in [6, 6.07) is 14.9. The van der Waals surface area contributed by atoms with Crippen molar-refractivity contribution in [3.05, 3.63) is 69.2 Å². The van der Waals surface area contributed by atoms with Crippen LogP contribution in [0.3, 0.4) is 0 Å². The van der Waals surface area contributed by atoms with Gasteiger partial charge in [-0.15, -0.1) is 0 Å². The summed E-state index contributed by atoms with van der Waals surface area (Å²) in [5.41, 5.74) is 11.3. The Morgan fingerprint density at radius 3 is 2.42 bits per heavy atom. The second kappa shape index (κ2) is 6.36. The second-order valence-corrected chi connectivity index (χ2v) is 5.89. The molecule has 0 heterocycles. The number of hydrogen-bond acceptors (Lipinski definition) is 1. The molecule has 0 aliphatic rings. The summed E-state index contributed by atoms with van der Waals surface area (Å²) in [6.07, 6.45) is 2.31. The molecular formula is C17H20BrN. The highest BCUT2D eigenvalue weighted by Gasteiger charge is 2.11. The van der Waals surface area contributed by atoms with Gasteiger partial charge in [0.2, 0.25) is 0 Å². The number of rotatable bonds is 4. The molecule has 2 heteroatoms. The molecular weight excluding hydrogens is 298 g/mol. The van der Waals surface area contributed by atoms with Crippen molar-refractivity contribution in [1.29, 1.82) is 0 Å². The average molecular weight is 318 g/mol. The first-order valence-corrected chi connectivity index (χ1v) is 7.51. The molecule has 0 aromatic heterocycles. The molecule has 1 atom stereocenters. The Morgan fingerprint density at radius 2 is 1.79 bits per heavy atom. The van der Waals surface area contributed by atoms with Gasteiger partial charge in [0.05, 0.1) is 6.04 Å². The lowest BCUT2D eigenvalue weighted by molar-refractivity contribution is 0.855. The van der Waals surface area contributed by atoms with Crippen molar-refractivity contribution in [2.45, 2.75) is 32.7 Å². The third-order valence-corrected chi connectivity index (χ3v) is 3.95. The quantitative estimate of drug-likeness (QED) is 0.864. The average Bonchev–Trinajstić information content (AvgIpc) is 2.42. The van der Waals surface area contributed by atoms with E-state index < -0.39 is 0 Å². The Morgan fingerprint density at radius 1 is 1.11 bits per heavy atom. The third-order valence-electron chi connectivity index (χ3n) is 3.45. The van der Waals surface area contributed by atoms with Gasteiger partial charge in [0.15, 0.2) is 0 Å². The fourth-order valence-electron chi connectivity index (χ4n) is 2.31. The Bertz CT molecular complexity index is 546. The highest BCUT2D eigenvalue weighted by Crippen LogP contribution is 2.26. The lowest BCUT2D eigenvalue weighted by Crippen LogP contribution is -2.13. The van der Waals surface area contributed by atoms with E-state index in [0.29, 0.717) is 0 Å². The molecule has 100 valence electrons. The summed E-state index contributed by atoms with van der Waals surface area (Å²) in [5, 5.41) is 0. The standard InChI is InChI=1S/C17H20BrN/c1-3-4-13-6-8-14(9-7-13)17(19)16-11-15(18)10-5-12(16)2/h5-11,17H,3-4,19H2,1-2H3. The molecule has 2 aromatic rings. The van der Waals surface area contributed by atoms with Crippen molar-refractivity contribution in [2.75, 3.05) is 0 Å². The van der Waals surface area contributed by atoms with Gasteiger partial charge in [-0.05, 0) is 47.7 Å². The van der Waals surface area contributed by atoms with Crippen LogP contribution >= 0.6 is 15.9 Å². The van der Waals surface area contributed by atoms with E-state index in [1.807, 2.05) is 0 Å². The van der Waals surface area contributed by atoms with Crippen LogP contribution in [0.5, 0.6) is 0 Å². The molecule has 2 N–H and O–H groups in total. The molecule has 1 nitrogen and oxygen atoms in total. The smallest absolute Gasteiger partial charge is 0.0554 e. The van der Waals surface area contributed by atoms with Crippen LogP contribution in [0, 0.1) is 6.92 Å². The maximum Gasteiger partial charge on any atom is 0.0554 e. The molecule has 0 radical (unpaired) electrons. The highest BCUT2D eigenvalue weighted by molar-refractivity contribution is 9.10. The van der Waals surface area contributed by atoms with E-state index in [1.54, 1.807) is 0 Å². The molecule has 0 amide bonds. The molecule has 0 bridgehead atoms. The van der Waals surface area contributed by atoms with E-state index in [4.69, 9.17) is 5.73 Å². The van der Waals surface area contributed by atoms with Crippen LogP contribution in [0.2, 0.25) is 0 Å². The molecule has 2 aromatic carbocycles. The first-order chi connectivity index (χ1) is 9.11. The van der Waals surface area contributed by atoms with Crippen molar-refractivity contribution in [3.8, 4) is 0 Å². The van der Waals surface area contributed by atoms with Gasteiger partial charge in [0.25, 0.3) is 0 Å². The van der Waals surface area contributed by atoms with Gasteiger partial charge in [-0.25, -0.2) is 0 Å². The Kier molecular flexibility index (Phi) is 4.78. The van der Waals surface area contributed by atoms with Gasteiger partial charge >= 0.3 is 0 Å². The first-order valence-electron chi connectivity index (χ1n) is 6.72. The minimum atomic E-state index is -0.0619. The lowest BCUT2D eigenvalue weighted by atomic mass is 9.95. The van der Waals surface area contributed by atoms with Gasteiger partial charge in [0, 0.05) is 4.47 Å². The second-order valence-electron chi connectivity index (χ2n) is 4.97. The van der Waals surface area contributed by atoms with Crippen LogP contribution in [0.15, 0.2) is 46.9 Å². The molecule has 0 aliphatic carbocycles. The number of nitrogens with two attached hydrogens (primary N) is 1. The number of hydrogen-bond donors (Lipinski definition) is 1. The summed E-state index contributed by atoms with van der Waals surface area (Å²) in [7, 11) is 0. The molecule has 0 fully saturated rings. The lowest BCUT2D eigenvalue weighted by Gasteiger charge is -2.16. The Labute approximate surface area is 124 Å². The maximum absolute atomic E-state index is 6.39. The van der Waals surface area contributed by atoms with Crippen molar-refractivity contribution in [3.63, 3.8) is 0 Å². The maximum atomic E-state index is 6.39. The van der Waals surface area contributed by atoms with E-state index in [0.717, 1.165) is 10.9 Å². The van der Waals surface area contributed by atoms with Crippen molar-refractivity contribution >= 4 is 15.9 Å². The molecule has 19 heavy (non-hydrogen) atoms. The van der Waals surface area contributed by atoms with Crippen LogP contribution in [-0.4, -0.2) is 0 Å². The summed E-state index contributed by atoms with van der Waals surface area (Å²) < 4.78 is 1.08. The molecule has 0 saturated heterocycles. The topological polar surface area (TPSA) is 26.0 Å². The van der Waals surface area contributed by atoms with Crippen LogP contribution in [0.1, 0.15) is 41.6 Å². The third kappa shape index (κ3) is 3.46. The summed E-state index contributed by atoms with van der Waals surface area (Å²) in [5.74, 6) is 0. The molecule has 0 spiro atoms. The van der Waals surface area contributed by atoms with E-state index >= 15 is 0 Å². The first kappa shape index (κ1) is 14.3. The summed E-state index contributed by atoms with van der Waals surface area (Å²) in [4.78, 5) is 0. The highest BCUT2D eigenvalue weighted by atomic mass is 79.9. The SMILES string of the molecule is CCCc1ccc(C(N)c2cc(Br)ccc2C)cc1. The Balaban J connectivity index is 2.27. The van der Waals surface area contributed by atoms with Gasteiger partial charge in [-0.1, -0.05) is 59.6 Å². The van der Waals surface area contributed by atoms with Gasteiger partial charge in [-0.3, -0.25) is 0 Å². The van der Waals surface area contributed by atoms with Crippen molar-refractivity contribution in [1.82, 2.24) is 0 Å². The summed E-state index contributed by atoms with van der Waals surface area (Å²) >= 11 is 3.51. The predicted molar refractivity (Wildman–Crippen MR) is 85.3 cm³/mol. The molecule has 2 rings (SSSR count). The molecule has 0 saturated carbocycles. The van der Waals surface area contributed by atoms with Crippen LogP contribution in [0.25, 0.3) is 0 Å². The van der Waals surface area contributed by atoms with Crippen LogP contribution in [-0.2, 0) is 6.42 Å². The van der Waals surface area contributed by atoms with Crippen molar-refractivity contribution < 1.29 is 0 Å². The zero-order chi connectivity index (χ0) is 13.8. The zero-order valence-corrected chi connectivity index (χ0v) is 13.1. The van der Waals surface area contributed by atoms with Crippen LogP contribution < -0.4 is 5.73 Å². The summed E-state index contributed by atoms with van der Waals surface area (Å²) in [6.45, 7) is 4.30. The minimum absolute atomic E-state index is 0.0619. The van der Waals surface area contributed by atoms with Gasteiger partial charge < -0.3 is 5.73 Å². The number of aryl methyl sites for hydroxylation is 2. The normalized spacial score (nSPS) is 12.4. The predicted octanol–water partition coefficient (Wildman–Crippen LogP) is 4.76. The minimum Gasteiger partial charge on any atom is -0.320 e. The number of halogens is 1. The van der Waals surface area contributed by atoms with Gasteiger partial charge in [0.1, 0.15) is 0 Å². The number of benzene rings is 2. The fourth-order valence-corrected chi connectivity index (χ4v) is 2.69. The van der Waals surface area contributed by atoms with E-state index in [-0.39, 0.29) is 6.04 Å². The van der Waals surface area contributed by atoms with Gasteiger partial charge in [-0.2, -0.15) is 0 Å². The molecule has 0 aliphatic heterocycles. The fraction of sp³-hybridized carbons (Fsp3) is 0.294.